The fraction of sp³-hybridized carbons (Fsp3) is 0.963. The number of nitrogens with one attached hydrogen (secondary N) is 1. The molecule has 0 aliphatic carbocycles. The van der Waals surface area contributed by atoms with Crippen molar-refractivity contribution in [2.75, 3.05) is 19.7 Å². The molecule has 206 valence electrons. The molecule has 0 bridgehead atoms. The summed E-state index contributed by atoms with van der Waals surface area (Å²) in [5.41, 5.74) is 0. The van der Waals surface area contributed by atoms with Crippen LogP contribution in [-0.4, -0.2) is 64.3 Å². The maximum atomic E-state index is 13.4. The molecule has 8 heteroatoms. The number of carbonyl (C=O) groups is 1. The van der Waals surface area contributed by atoms with Gasteiger partial charge in [0.2, 0.25) is 0 Å². The molecule has 0 aromatic heterocycles. The number of rotatable bonds is 22. The summed E-state index contributed by atoms with van der Waals surface area (Å²) in [6.45, 7) is 10.3. The van der Waals surface area contributed by atoms with Crippen molar-refractivity contribution in [3.05, 3.63) is 0 Å². The second-order valence-electron chi connectivity index (χ2n) is 11.1. The Hall–Kier alpha value is -0.460. The van der Waals surface area contributed by atoms with Gasteiger partial charge in [-0.2, -0.15) is 0 Å². The van der Waals surface area contributed by atoms with Gasteiger partial charge in [0.1, 0.15) is 6.61 Å². The Morgan fingerprint density at radius 1 is 0.914 bits per heavy atom. The van der Waals surface area contributed by atoms with Crippen LogP contribution in [0.4, 0.5) is 0 Å². The van der Waals surface area contributed by atoms with E-state index in [1.54, 1.807) is 0 Å². The van der Waals surface area contributed by atoms with Gasteiger partial charge in [-0.3, -0.25) is 9.36 Å². The van der Waals surface area contributed by atoms with Crippen LogP contribution >= 0.6 is 7.59 Å². The molecule has 35 heavy (non-hydrogen) atoms. The van der Waals surface area contributed by atoms with Gasteiger partial charge in [-0.15, -0.1) is 0 Å². The van der Waals surface area contributed by atoms with Crippen molar-refractivity contribution in [3.63, 3.8) is 0 Å². The molecule has 0 spiro atoms. The molecule has 0 saturated carbocycles. The minimum atomic E-state index is -2.71. The number of aliphatic hydroxyl groups excluding tert-OH is 1. The van der Waals surface area contributed by atoms with E-state index in [0.717, 1.165) is 58.0 Å². The Morgan fingerprint density at radius 2 is 1.37 bits per heavy atom. The van der Waals surface area contributed by atoms with Gasteiger partial charge in [0.05, 0.1) is 6.10 Å². The standard InChI is InChI=1S/C27H54N3O4P/c1-5-6-7-14-17-26(31)18-15-12-10-8-9-11-13-16-19-27(32)34-22-23(2)28-35(33,29-20-24(29)3)30-21-25(30)4/h23-26,31H,5-22H2,1-4H3,(H,28,33)/t23-,24-,25-,26-,29?,30?,35?/m0/s1. The van der Waals surface area contributed by atoms with Crippen LogP contribution in [0.15, 0.2) is 0 Å². The zero-order valence-corrected chi connectivity index (χ0v) is 23.9. The predicted octanol–water partition coefficient (Wildman–Crippen LogP) is 6.26. The number of nitrogens with zero attached hydrogens (tertiary/aromatic N) is 2. The number of hydrogen-bond acceptors (Lipinski definition) is 4. The van der Waals surface area contributed by atoms with Crippen molar-refractivity contribution in [1.29, 1.82) is 0 Å². The lowest BCUT2D eigenvalue weighted by Gasteiger charge is -2.26. The third-order valence-electron chi connectivity index (χ3n) is 7.29. The van der Waals surface area contributed by atoms with Crippen LogP contribution in [0.3, 0.4) is 0 Å². The number of esters is 1. The Labute approximate surface area is 215 Å². The lowest BCUT2D eigenvalue weighted by Crippen LogP contribution is -2.34. The second-order valence-corrected chi connectivity index (χ2v) is 13.4. The SMILES string of the molecule is CCCCCC[C@H](O)CCCCCCCCCCC(=O)OC[C@H](C)NP(=O)(N1C[C@@H]1C)N1C[C@@H]1C. The van der Waals surface area contributed by atoms with Crippen molar-refractivity contribution < 1.29 is 19.2 Å². The first kappa shape index (κ1) is 30.8. The van der Waals surface area contributed by atoms with Gasteiger partial charge >= 0.3 is 5.97 Å². The summed E-state index contributed by atoms with van der Waals surface area (Å²) in [5.74, 6) is -0.151. The van der Waals surface area contributed by atoms with E-state index in [9.17, 15) is 14.5 Å². The molecule has 2 rings (SSSR count). The fourth-order valence-electron chi connectivity index (χ4n) is 4.77. The van der Waals surface area contributed by atoms with Crippen LogP contribution < -0.4 is 5.09 Å². The molecule has 2 unspecified atom stereocenters. The number of aliphatic hydroxyl groups is 1. The van der Waals surface area contributed by atoms with Crippen molar-refractivity contribution in [2.45, 2.75) is 148 Å². The molecule has 2 fully saturated rings. The smallest absolute Gasteiger partial charge is 0.305 e. The van der Waals surface area contributed by atoms with Gasteiger partial charge in [-0.1, -0.05) is 77.6 Å². The highest BCUT2D eigenvalue weighted by Gasteiger charge is 2.55. The molecule has 0 aromatic carbocycles. The van der Waals surface area contributed by atoms with Crippen molar-refractivity contribution in [2.24, 2.45) is 0 Å². The minimum Gasteiger partial charge on any atom is -0.464 e. The number of hydrogen-bond donors (Lipinski definition) is 2. The Balaban J connectivity index is 1.40. The molecule has 0 radical (unpaired) electrons. The van der Waals surface area contributed by atoms with Crippen LogP contribution in [0, 0.1) is 0 Å². The Kier molecular flexibility index (Phi) is 14.4. The van der Waals surface area contributed by atoms with E-state index < -0.39 is 7.59 Å². The third-order valence-corrected chi connectivity index (χ3v) is 10.6. The fourth-order valence-corrected chi connectivity index (χ4v) is 8.00. The summed E-state index contributed by atoms with van der Waals surface area (Å²) in [6.07, 6.45) is 16.4. The van der Waals surface area contributed by atoms with Crippen LogP contribution in [0.25, 0.3) is 0 Å². The second kappa shape index (κ2) is 16.4. The average Bonchev–Trinajstić information content (AvgIpc) is 3.74. The first-order chi connectivity index (χ1) is 16.8. The topological polar surface area (TPSA) is 81.7 Å². The molecule has 7 nitrogen and oxygen atoms in total. The van der Waals surface area contributed by atoms with Gasteiger partial charge in [0, 0.05) is 37.6 Å². The molecule has 2 aliphatic heterocycles. The summed E-state index contributed by atoms with van der Waals surface area (Å²) in [4.78, 5) is 12.1. The highest BCUT2D eigenvalue weighted by molar-refractivity contribution is 7.57. The number of unbranched alkanes of at least 4 members (excludes halogenated alkanes) is 10. The van der Waals surface area contributed by atoms with E-state index in [4.69, 9.17) is 4.74 Å². The Morgan fingerprint density at radius 3 is 1.86 bits per heavy atom. The maximum Gasteiger partial charge on any atom is 0.305 e. The largest absolute Gasteiger partial charge is 0.464 e. The van der Waals surface area contributed by atoms with E-state index >= 15 is 0 Å². The molecular formula is C27H54N3O4P. The minimum absolute atomic E-state index is 0.103. The molecule has 2 N–H and O–H groups in total. The van der Waals surface area contributed by atoms with Crippen molar-refractivity contribution in [3.8, 4) is 0 Å². The summed E-state index contributed by atoms with van der Waals surface area (Å²) in [7, 11) is -2.71. The highest BCUT2D eigenvalue weighted by Crippen LogP contribution is 2.61. The molecule has 6 atom stereocenters. The third kappa shape index (κ3) is 12.1. The normalized spacial score (nSPS) is 26.7. The van der Waals surface area contributed by atoms with Crippen LogP contribution in [0.1, 0.15) is 124 Å². The van der Waals surface area contributed by atoms with Gasteiger partial charge in [-0.25, -0.2) is 14.4 Å². The zero-order valence-electron chi connectivity index (χ0n) is 23.1. The molecule has 2 aliphatic rings. The van der Waals surface area contributed by atoms with Crippen molar-refractivity contribution in [1.82, 2.24) is 14.4 Å². The van der Waals surface area contributed by atoms with Gasteiger partial charge in [0.15, 0.2) is 0 Å². The van der Waals surface area contributed by atoms with Crippen molar-refractivity contribution >= 4 is 13.6 Å². The zero-order chi connectivity index (χ0) is 25.7. The predicted molar refractivity (Wildman–Crippen MR) is 144 cm³/mol. The van der Waals surface area contributed by atoms with Gasteiger partial charge < -0.3 is 9.84 Å². The Bertz CT molecular complexity index is 630. The van der Waals surface area contributed by atoms with E-state index in [1.165, 1.54) is 44.9 Å². The lowest BCUT2D eigenvalue weighted by atomic mass is 10.0. The number of ether oxygens (including phenoxy) is 1. The summed E-state index contributed by atoms with van der Waals surface area (Å²) >= 11 is 0. The van der Waals surface area contributed by atoms with E-state index in [0.29, 0.717) is 18.5 Å². The molecule has 0 amide bonds. The van der Waals surface area contributed by atoms with Crippen LogP contribution in [-0.2, 0) is 14.1 Å². The first-order valence-electron chi connectivity index (χ1n) is 14.5. The first-order valence-corrected chi connectivity index (χ1v) is 16.1. The molecule has 0 aromatic rings. The monoisotopic (exact) mass is 515 g/mol. The quantitative estimate of drug-likeness (QED) is 0.0762. The van der Waals surface area contributed by atoms with Crippen LogP contribution in [0.2, 0.25) is 0 Å². The summed E-state index contributed by atoms with van der Waals surface area (Å²) in [5, 5.41) is 13.3. The lowest BCUT2D eigenvalue weighted by molar-refractivity contribution is -0.144. The highest BCUT2D eigenvalue weighted by atomic mass is 31.2. The summed E-state index contributed by atoms with van der Waals surface area (Å²) < 4.78 is 23.0. The molecule has 2 saturated heterocycles. The van der Waals surface area contributed by atoms with Crippen LogP contribution in [0.5, 0.6) is 0 Å². The van der Waals surface area contributed by atoms with Gasteiger partial charge in [-0.05, 0) is 40.0 Å². The molecular weight excluding hydrogens is 461 g/mol. The number of carbonyl (C=O) groups excluding carboxylic acids is 1. The van der Waals surface area contributed by atoms with E-state index in [-0.39, 0.29) is 24.7 Å². The van der Waals surface area contributed by atoms with E-state index in [2.05, 4.69) is 25.9 Å². The van der Waals surface area contributed by atoms with E-state index in [1.807, 2.05) is 16.3 Å². The molecule has 2 heterocycles. The van der Waals surface area contributed by atoms with Gasteiger partial charge in [0.25, 0.3) is 7.59 Å². The average molecular weight is 516 g/mol. The maximum absolute atomic E-state index is 13.4. The summed E-state index contributed by atoms with van der Waals surface area (Å²) in [6, 6.07) is 0.579.